The van der Waals surface area contributed by atoms with E-state index in [2.05, 4.69) is 9.97 Å². The van der Waals surface area contributed by atoms with E-state index in [1.54, 1.807) is 0 Å². The van der Waals surface area contributed by atoms with Gasteiger partial charge in [0.1, 0.15) is 5.56 Å². The Balaban J connectivity index is 3.45. The number of carbonyl (C=O) groups excluding carboxylic acids is 1. The van der Waals surface area contributed by atoms with Crippen molar-refractivity contribution >= 4 is 6.29 Å². The van der Waals surface area contributed by atoms with Gasteiger partial charge in [-0.1, -0.05) is 0 Å². The van der Waals surface area contributed by atoms with E-state index >= 15 is 0 Å². The van der Waals surface area contributed by atoms with Crippen LogP contribution in [0.5, 0.6) is 5.88 Å². The van der Waals surface area contributed by atoms with E-state index in [0.29, 0.717) is 0 Å². The van der Waals surface area contributed by atoms with Crippen LogP contribution in [-0.4, -0.2) is 21.4 Å². The monoisotopic (exact) mass is 140 g/mol. The lowest BCUT2D eigenvalue weighted by Gasteiger charge is -1.89. The first kappa shape index (κ1) is 6.47. The van der Waals surface area contributed by atoms with Crippen molar-refractivity contribution in [3.63, 3.8) is 0 Å². The van der Waals surface area contributed by atoms with Crippen molar-refractivity contribution < 1.29 is 9.90 Å². The molecule has 2 N–H and O–H groups in total. The van der Waals surface area contributed by atoms with Crippen molar-refractivity contribution in [3.8, 4) is 5.88 Å². The third kappa shape index (κ3) is 0.883. The minimum absolute atomic E-state index is 0.251. The summed E-state index contributed by atoms with van der Waals surface area (Å²) in [5, 5.41) is 8.73. The molecule has 0 atom stereocenters. The number of aromatic amines is 1. The molecule has 0 aliphatic rings. The quantitative estimate of drug-likeness (QED) is 0.504. The molecule has 0 unspecified atom stereocenters. The minimum Gasteiger partial charge on any atom is -0.493 e. The van der Waals surface area contributed by atoms with Crippen LogP contribution in [0.4, 0.5) is 0 Å². The molecule has 5 heteroatoms. The molecule has 1 heterocycles. The third-order valence-electron chi connectivity index (χ3n) is 0.986. The summed E-state index contributed by atoms with van der Waals surface area (Å²) in [6.45, 7) is 0. The number of H-pyrrole nitrogens is 1. The second-order valence-electron chi connectivity index (χ2n) is 1.59. The van der Waals surface area contributed by atoms with E-state index in [0.717, 1.165) is 6.33 Å². The van der Waals surface area contributed by atoms with Crippen molar-refractivity contribution in [2.45, 2.75) is 0 Å². The van der Waals surface area contributed by atoms with Gasteiger partial charge in [-0.25, -0.2) is 4.98 Å². The van der Waals surface area contributed by atoms with E-state index in [1.807, 2.05) is 0 Å². The summed E-state index contributed by atoms with van der Waals surface area (Å²) in [6, 6.07) is 0. The highest BCUT2D eigenvalue weighted by Crippen LogP contribution is 2.00. The molecule has 1 aromatic rings. The summed E-state index contributed by atoms with van der Waals surface area (Å²) in [4.78, 5) is 26.0. The standard InChI is InChI=1S/C5H4N2O3/c8-1-3-4(9)6-2-7-5(3)10/h1-2H,(H2,6,7,9,10). The fourth-order valence-corrected chi connectivity index (χ4v) is 0.507. The maximum atomic E-state index is 10.6. The fourth-order valence-electron chi connectivity index (χ4n) is 0.507. The normalized spacial score (nSPS) is 9.20. The molecule has 0 aliphatic heterocycles. The zero-order valence-electron chi connectivity index (χ0n) is 4.87. The Labute approximate surface area is 55.4 Å². The Morgan fingerprint density at radius 3 is 2.80 bits per heavy atom. The summed E-state index contributed by atoms with van der Waals surface area (Å²) in [5.74, 6) is -0.543. The number of hydrogen-bond acceptors (Lipinski definition) is 4. The molecular weight excluding hydrogens is 136 g/mol. The predicted molar refractivity (Wildman–Crippen MR) is 31.9 cm³/mol. The van der Waals surface area contributed by atoms with Gasteiger partial charge in [0.05, 0.1) is 6.33 Å². The molecular formula is C5H4N2O3. The van der Waals surface area contributed by atoms with Crippen molar-refractivity contribution in [2.24, 2.45) is 0 Å². The molecule has 52 valence electrons. The van der Waals surface area contributed by atoms with Gasteiger partial charge in [0.25, 0.3) is 5.56 Å². The van der Waals surface area contributed by atoms with Gasteiger partial charge >= 0.3 is 0 Å². The molecule has 1 rings (SSSR count). The summed E-state index contributed by atoms with van der Waals surface area (Å²) in [6.07, 6.45) is 1.27. The van der Waals surface area contributed by atoms with Crippen LogP contribution in [0.25, 0.3) is 0 Å². The molecule has 0 amide bonds. The Morgan fingerprint density at radius 1 is 1.70 bits per heavy atom. The fraction of sp³-hybridized carbons (Fsp3) is 0. The zero-order chi connectivity index (χ0) is 7.56. The first-order chi connectivity index (χ1) is 4.75. The van der Waals surface area contributed by atoms with Crippen molar-refractivity contribution in [3.05, 3.63) is 22.2 Å². The Hall–Kier alpha value is -1.65. The summed E-state index contributed by atoms with van der Waals surface area (Å²) in [7, 11) is 0. The highest BCUT2D eigenvalue weighted by atomic mass is 16.3. The number of aromatic hydroxyl groups is 1. The molecule has 0 aromatic carbocycles. The lowest BCUT2D eigenvalue weighted by Crippen LogP contribution is -2.11. The van der Waals surface area contributed by atoms with Crippen LogP contribution in [0.1, 0.15) is 10.4 Å². The Bertz CT molecular complexity index is 304. The van der Waals surface area contributed by atoms with Gasteiger partial charge in [0, 0.05) is 0 Å². The highest BCUT2D eigenvalue weighted by molar-refractivity contribution is 5.76. The Kier molecular flexibility index (Phi) is 1.49. The SMILES string of the molecule is O=Cc1c(O)nc[nH]c1=O. The molecule has 0 fully saturated rings. The molecule has 0 aliphatic carbocycles. The average Bonchev–Trinajstić information content (AvgIpc) is 1.88. The largest absolute Gasteiger partial charge is 0.493 e. The van der Waals surface area contributed by atoms with Crippen LogP contribution in [0.15, 0.2) is 11.1 Å². The van der Waals surface area contributed by atoms with Gasteiger partial charge in [-0.05, 0) is 0 Å². The van der Waals surface area contributed by atoms with Crippen LogP contribution >= 0.6 is 0 Å². The van der Waals surface area contributed by atoms with Gasteiger partial charge in [-0.15, -0.1) is 0 Å². The second kappa shape index (κ2) is 2.30. The van der Waals surface area contributed by atoms with Crippen molar-refractivity contribution in [2.75, 3.05) is 0 Å². The van der Waals surface area contributed by atoms with Crippen molar-refractivity contribution in [1.29, 1.82) is 0 Å². The van der Waals surface area contributed by atoms with Gasteiger partial charge in [0.15, 0.2) is 6.29 Å². The lowest BCUT2D eigenvalue weighted by molar-refractivity contribution is 0.111. The van der Waals surface area contributed by atoms with E-state index in [9.17, 15) is 9.59 Å². The maximum absolute atomic E-state index is 10.6. The smallest absolute Gasteiger partial charge is 0.265 e. The number of nitrogens with one attached hydrogen (secondary N) is 1. The number of rotatable bonds is 1. The summed E-state index contributed by atoms with van der Waals surface area (Å²) >= 11 is 0. The van der Waals surface area contributed by atoms with E-state index in [4.69, 9.17) is 5.11 Å². The summed E-state index contributed by atoms with van der Waals surface area (Å²) in [5.41, 5.74) is -0.981. The number of nitrogens with zero attached hydrogens (tertiary/aromatic N) is 1. The van der Waals surface area contributed by atoms with Gasteiger partial charge in [-0.3, -0.25) is 9.59 Å². The lowest BCUT2D eigenvalue weighted by atomic mass is 10.3. The van der Waals surface area contributed by atoms with Crippen LogP contribution in [0.3, 0.4) is 0 Å². The molecule has 1 aromatic heterocycles. The molecule has 0 spiro atoms. The summed E-state index contributed by atoms with van der Waals surface area (Å²) < 4.78 is 0. The maximum Gasteiger partial charge on any atom is 0.265 e. The molecule has 10 heavy (non-hydrogen) atoms. The van der Waals surface area contributed by atoms with Crippen LogP contribution < -0.4 is 5.56 Å². The van der Waals surface area contributed by atoms with E-state index in [-0.39, 0.29) is 11.8 Å². The molecule has 0 saturated carbocycles. The number of aromatic nitrogens is 2. The predicted octanol–water partition coefficient (Wildman–Crippen LogP) is -0.712. The van der Waals surface area contributed by atoms with Gasteiger partial charge < -0.3 is 10.1 Å². The minimum atomic E-state index is -0.637. The Morgan fingerprint density at radius 2 is 2.40 bits per heavy atom. The second-order valence-corrected chi connectivity index (χ2v) is 1.59. The molecule has 0 radical (unpaired) electrons. The van der Waals surface area contributed by atoms with Crippen LogP contribution in [0, 0.1) is 0 Å². The number of aldehydes is 1. The first-order valence-corrected chi connectivity index (χ1v) is 2.47. The van der Waals surface area contributed by atoms with Crippen LogP contribution in [0.2, 0.25) is 0 Å². The van der Waals surface area contributed by atoms with Crippen LogP contribution in [-0.2, 0) is 0 Å². The molecule has 5 nitrogen and oxygen atoms in total. The third-order valence-corrected chi connectivity index (χ3v) is 0.986. The highest BCUT2D eigenvalue weighted by Gasteiger charge is 2.03. The number of hydrogen-bond donors (Lipinski definition) is 2. The number of carbonyl (C=O) groups is 1. The van der Waals surface area contributed by atoms with E-state index in [1.165, 1.54) is 0 Å². The van der Waals surface area contributed by atoms with Gasteiger partial charge in [-0.2, -0.15) is 0 Å². The first-order valence-electron chi connectivity index (χ1n) is 2.47. The average molecular weight is 140 g/mol. The van der Waals surface area contributed by atoms with Crippen molar-refractivity contribution in [1.82, 2.24) is 9.97 Å². The van der Waals surface area contributed by atoms with E-state index < -0.39 is 11.4 Å². The molecule has 0 bridgehead atoms. The topological polar surface area (TPSA) is 83.0 Å². The van der Waals surface area contributed by atoms with Gasteiger partial charge in [0.2, 0.25) is 5.88 Å². The molecule has 0 saturated heterocycles. The zero-order valence-corrected chi connectivity index (χ0v) is 4.87.